The average molecular weight is 267 g/mol. The van der Waals surface area contributed by atoms with Gasteiger partial charge in [0.1, 0.15) is 11.3 Å². The molecule has 0 spiro atoms. The van der Waals surface area contributed by atoms with Crippen LogP contribution in [0.2, 0.25) is 0 Å². The van der Waals surface area contributed by atoms with Crippen molar-refractivity contribution in [1.82, 2.24) is 4.98 Å². The first kappa shape index (κ1) is 12.4. The van der Waals surface area contributed by atoms with Gasteiger partial charge in [0.2, 0.25) is 5.71 Å². The van der Waals surface area contributed by atoms with Crippen molar-refractivity contribution in [3.8, 4) is 0 Å². The van der Waals surface area contributed by atoms with Crippen LogP contribution in [0, 0.1) is 0 Å². The van der Waals surface area contributed by atoms with Crippen LogP contribution in [-0.4, -0.2) is 18.1 Å². The number of aromatic nitrogens is 1. The predicted molar refractivity (Wildman–Crippen MR) is 74.6 cm³/mol. The Labute approximate surface area is 116 Å². The lowest BCUT2D eigenvalue weighted by molar-refractivity contribution is 0.0600. The molecule has 20 heavy (non-hydrogen) atoms. The van der Waals surface area contributed by atoms with Gasteiger partial charge >= 0.3 is 5.97 Å². The first-order valence-electron chi connectivity index (χ1n) is 6.28. The molecule has 0 aliphatic heterocycles. The lowest BCUT2D eigenvalue weighted by Crippen LogP contribution is -2.04. The zero-order valence-electron chi connectivity index (χ0n) is 11.0. The summed E-state index contributed by atoms with van der Waals surface area (Å²) < 4.78 is 10.6. The Morgan fingerprint density at radius 3 is 2.75 bits per heavy atom. The number of rotatable bonds is 3. The van der Waals surface area contributed by atoms with Gasteiger partial charge in [0.05, 0.1) is 12.5 Å². The highest BCUT2D eigenvalue weighted by atomic mass is 16.5. The van der Waals surface area contributed by atoms with Gasteiger partial charge in [-0.3, -0.25) is 0 Å². The zero-order chi connectivity index (χ0) is 13.9. The summed E-state index contributed by atoms with van der Waals surface area (Å²) in [6.45, 7) is 0. The Hall–Kier alpha value is -2.62. The number of furan rings is 1. The molecule has 0 unspecified atom stereocenters. The highest BCUT2D eigenvalue weighted by Crippen LogP contribution is 2.26. The van der Waals surface area contributed by atoms with Crippen LogP contribution in [0.4, 0.5) is 0 Å². The molecular formula is C16H13NO3. The molecule has 0 amide bonds. The molecule has 0 aliphatic rings. The van der Waals surface area contributed by atoms with Crippen LogP contribution in [0.1, 0.15) is 21.7 Å². The number of esters is 1. The molecule has 0 fully saturated rings. The van der Waals surface area contributed by atoms with E-state index in [2.05, 4.69) is 4.98 Å². The molecule has 0 aliphatic carbocycles. The Balaban J connectivity index is 2.12. The zero-order valence-corrected chi connectivity index (χ0v) is 11.0. The number of ether oxygens (including phenoxy) is 1. The van der Waals surface area contributed by atoms with E-state index in [1.165, 1.54) is 7.11 Å². The Morgan fingerprint density at radius 1 is 1.20 bits per heavy atom. The Morgan fingerprint density at radius 2 is 2.00 bits per heavy atom. The van der Waals surface area contributed by atoms with Crippen molar-refractivity contribution in [2.75, 3.05) is 7.11 Å². The second-order valence-corrected chi connectivity index (χ2v) is 4.41. The van der Waals surface area contributed by atoms with Gasteiger partial charge in [-0.1, -0.05) is 30.3 Å². The third-order valence-corrected chi connectivity index (χ3v) is 3.14. The minimum Gasteiger partial charge on any atom is -0.465 e. The fourth-order valence-electron chi connectivity index (χ4n) is 2.21. The van der Waals surface area contributed by atoms with Crippen molar-refractivity contribution in [2.45, 2.75) is 6.42 Å². The molecule has 3 rings (SSSR count). The van der Waals surface area contributed by atoms with Crippen LogP contribution in [0.3, 0.4) is 0 Å². The summed E-state index contributed by atoms with van der Waals surface area (Å²) in [4.78, 5) is 16.1. The van der Waals surface area contributed by atoms with Crippen LogP contribution in [0.5, 0.6) is 0 Å². The molecular weight excluding hydrogens is 254 g/mol. The number of hydrogen-bond acceptors (Lipinski definition) is 4. The fraction of sp³-hybridized carbons (Fsp3) is 0.125. The first-order chi connectivity index (χ1) is 9.79. The van der Waals surface area contributed by atoms with E-state index in [9.17, 15) is 4.79 Å². The van der Waals surface area contributed by atoms with Gasteiger partial charge in [-0.05, 0) is 17.7 Å². The van der Waals surface area contributed by atoms with E-state index in [4.69, 9.17) is 9.15 Å². The first-order valence-corrected chi connectivity index (χ1v) is 6.28. The number of methoxy groups -OCH3 is 1. The maximum absolute atomic E-state index is 12.0. The van der Waals surface area contributed by atoms with Crippen LogP contribution < -0.4 is 0 Å². The molecule has 1 aromatic carbocycles. The minimum atomic E-state index is -0.400. The monoisotopic (exact) mass is 267 g/mol. The normalized spacial score (nSPS) is 10.7. The molecule has 2 heterocycles. The number of benzene rings is 1. The van der Waals surface area contributed by atoms with Crippen LogP contribution >= 0.6 is 0 Å². The molecule has 0 bridgehead atoms. The van der Waals surface area contributed by atoms with Gasteiger partial charge in [0, 0.05) is 12.6 Å². The highest BCUT2D eigenvalue weighted by Gasteiger charge is 2.21. The maximum atomic E-state index is 12.0. The van der Waals surface area contributed by atoms with Crippen molar-refractivity contribution < 1.29 is 13.9 Å². The quantitative estimate of drug-likeness (QED) is 0.684. The van der Waals surface area contributed by atoms with Crippen LogP contribution in [-0.2, 0) is 11.2 Å². The summed E-state index contributed by atoms with van der Waals surface area (Å²) in [7, 11) is 1.36. The summed E-state index contributed by atoms with van der Waals surface area (Å²) in [6, 6.07) is 13.4. The second-order valence-electron chi connectivity index (χ2n) is 4.41. The summed E-state index contributed by atoms with van der Waals surface area (Å²) in [6.07, 6.45) is 2.17. The van der Waals surface area contributed by atoms with Crippen LogP contribution in [0.15, 0.2) is 53.1 Å². The van der Waals surface area contributed by atoms with Gasteiger partial charge < -0.3 is 9.15 Å². The van der Waals surface area contributed by atoms with E-state index in [0.29, 0.717) is 28.8 Å². The summed E-state index contributed by atoms with van der Waals surface area (Å²) in [5.41, 5.74) is 1.98. The molecule has 0 saturated heterocycles. The Kier molecular flexibility index (Phi) is 3.21. The largest absolute Gasteiger partial charge is 0.465 e. The summed E-state index contributed by atoms with van der Waals surface area (Å²) >= 11 is 0. The van der Waals surface area contributed by atoms with Crippen molar-refractivity contribution in [3.63, 3.8) is 0 Å². The lowest BCUT2D eigenvalue weighted by Gasteiger charge is -2.01. The SMILES string of the molecule is COC(=O)c1c(Cc2ccccc2)oc2ncccc12. The molecule has 2 aromatic heterocycles. The van der Waals surface area contributed by atoms with Gasteiger partial charge in [-0.2, -0.15) is 0 Å². The molecule has 4 nitrogen and oxygen atoms in total. The average Bonchev–Trinajstić information content (AvgIpc) is 2.85. The molecule has 3 aromatic rings. The minimum absolute atomic E-state index is 0.400. The molecule has 100 valence electrons. The van der Waals surface area contributed by atoms with E-state index in [1.807, 2.05) is 36.4 Å². The number of hydrogen-bond donors (Lipinski definition) is 0. The fourth-order valence-corrected chi connectivity index (χ4v) is 2.21. The van der Waals surface area contributed by atoms with Gasteiger partial charge in [-0.15, -0.1) is 0 Å². The van der Waals surface area contributed by atoms with Gasteiger partial charge in [0.25, 0.3) is 0 Å². The van der Waals surface area contributed by atoms with E-state index in [1.54, 1.807) is 12.3 Å². The molecule has 4 heteroatoms. The maximum Gasteiger partial charge on any atom is 0.342 e. The number of carbonyl (C=O) groups excluding carboxylic acids is 1. The third kappa shape index (κ3) is 2.16. The number of carbonyl (C=O) groups is 1. The van der Waals surface area contributed by atoms with E-state index >= 15 is 0 Å². The van der Waals surface area contributed by atoms with Crippen molar-refractivity contribution >= 4 is 17.1 Å². The van der Waals surface area contributed by atoms with Crippen molar-refractivity contribution in [3.05, 3.63) is 65.5 Å². The summed E-state index contributed by atoms with van der Waals surface area (Å²) in [5, 5.41) is 0.685. The second kappa shape index (κ2) is 5.17. The van der Waals surface area contributed by atoms with Gasteiger partial charge in [0.15, 0.2) is 0 Å². The van der Waals surface area contributed by atoms with E-state index in [0.717, 1.165) is 5.56 Å². The number of fused-ring (bicyclic) bond motifs is 1. The lowest BCUT2D eigenvalue weighted by atomic mass is 10.1. The Bertz CT molecular complexity index is 747. The molecule has 0 saturated carbocycles. The molecule has 0 atom stereocenters. The molecule has 0 radical (unpaired) electrons. The summed E-state index contributed by atoms with van der Waals surface area (Å²) in [5.74, 6) is 0.180. The topological polar surface area (TPSA) is 52.3 Å². The standard InChI is InChI=1S/C16H13NO3/c1-19-16(18)14-12-8-5-9-17-15(12)20-13(14)10-11-6-3-2-4-7-11/h2-9H,10H2,1H3. The van der Waals surface area contributed by atoms with Gasteiger partial charge in [-0.25, -0.2) is 9.78 Å². The number of pyridine rings is 1. The smallest absolute Gasteiger partial charge is 0.342 e. The van der Waals surface area contributed by atoms with Crippen molar-refractivity contribution in [2.24, 2.45) is 0 Å². The van der Waals surface area contributed by atoms with Crippen molar-refractivity contribution in [1.29, 1.82) is 0 Å². The van der Waals surface area contributed by atoms with E-state index in [-0.39, 0.29) is 0 Å². The molecule has 0 N–H and O–H groups in total. The van der Waals surface area contributed by atoms with Crippen LogP contribution in [0.25, 0.3) is 11.1 Å². The third-order valence-electron chi connectivity index (χ3n) is 3.14. The predicted octanol–water partition coefficient (Wildman–Crippen LogP) is 3.21. The highest BCUT2D eigenvalue weighted by molar-refractivity contribution is 6.03. The van der Waals surface area contributed by atoms with E-state index < -0.39 is 5.97 Å². The number of nitrogens with zero attached hydrogens (tertiary/aromatic N) is 1.